The number of hydrogen-bond acceptors (Lipinski definition) is 3. The second-order valence-corrected chi connectivity index (χ2v) is 6.15. The van der Waals surface area contributed by atoms with E-state index in [1.165, 1.54) is 5.56 Å². The van der Waals surface area contributed by atoms with Gasteiger partial charge in [-0.15, -0.1) is 0 Å². The molecule has 0 aliphatic heterocycles. The first-order chi connectivity index (χ1) is 8.89. The van der Waals surface area contributed by atoms with E-state index in [0.29, 0.717) is 0 Å². The van der Waals surface area contributed by atoms with E-state index in [1.54, 1.807) is 7.11 Å². The molecule has 106 valence electrons. The number of methoxy groups -OCH3 is 1. The summed E-state index contributed by atoms with van der Waals surface area (Å²) in [5.74, 6) is 0.872. The maximum Gasteiger partial charge on any atom is 0.121 e. The molecule has 1 aliphatic rings. The van der Waals surface area contributed by atoms with Gasteiger partial charge in [-0.1, -0.05) is 26.0 Å². The highest BCUT2D eigenvalue weighted by Gasteiger charge is 2.54. The van der Waals surface area contributed by atoms with Crippen LogP contribution < -0.4 is 4.74 Å². The zero-order valence-electron chi connectivity index (χ0n) is 12.2. The zero-order valence-corrected chi connectivity index (χ0v) is 12.2. The van der Waals surface area contributed by atoms with E-state index in [-0.39, 0.29) is 12.0 Å². The van der Waals surface area contributed by atoms with Crippen LogP contribution in [0.2, 0.25) is 0 Å². The van der Waals surface area contributed by atoms with E-state index in [0.717, 1.165) is 24.2 Å². The molecule has 0 amide bonds. The van der Waals surface area contributed by atoms with E-state index in [4.69, 9.17) is 4.74 Å². The molecule has 0 heterocycles. The largest absolute Gasteiger partial charge is 0.496 e. The monoisotopic (exact) mass is 264 g/mol. The minimum Gasteiger partial charge on any atom is -0.496 e. The molecule has 1 saturated carbocycles. The first-order valence-electron chi connectivity index (χ1n) is 6.83. The van der Waals surface area contributed by atoms with E-state index in [1.807, 2.05) is 19.9 Å². The van der Waals surface area contributed by atoms with Gasteiger partial charge in [0.05, 0.1) is 19.8 Å². The summed E-state index contributed by atoms with van der Waals surface area (Å²) in [5.41, 5.74) is 1.55. The summed E-state index contributed by atoms with van der Waals surface area (Å²) in [6.07, 6.45) is 1.17. The van der Waals surface area contributed by atoms with E-state index in [9.17, 15) is 10.2 Å². The summed E-state index contributed by atoms with van der Waals surface area (Å²) >= 11 is 0. The third-order valence-corrected chi connectivity index (χ3v) is 5.27. The molecule has 2 rings (SSSR count). The van der Waals surface area contributed by atoms with Crippen molar-refractivity contribution < 1.29 is 14.9 Å². The topological polar surface area (TPSA) is 49.7 Å². The Labute approximate surface area is 115 Å². The van der Waals surface area contributed by atoms with Crippen molar-refractivity contribution in [2.45, 2.75) is 45.1 Å². The van der Waals surface area contributed by atoms with Gasteiger partial charge < -0.3 is 14.9 Å². The molecule has 0 spiro atoms. The summed E-state index contributed by atoms with van der Waals surface area (Å²) in [6, 6.07) is 6.14. The first kappa shape index (κ1) is 14.4. The highest BCUT2D eigenvalue weighted by Crippen LogP contribution is 2.54. The Bertz CT molecular complexity index is 471. The van der Waals surface area contributed by atoms with Crippen LogP contribution in [0.25, 0.3) is 0 Å². The van der Waals surface area contributed by atoms with Crippen LogP contribution in [0.3, 0.4) is 0 Å². The highest BCUT2D eigenvalue weighted by atomic mass is 16.5. The Morgan fingerprint density at radius 2 is 2.05 bits per heavy atom. The summed E-state index contributed by atoms with van der Waals surface area (Å²) in [7, 11) is 1.67. The van der Waals surface area contributed by atoms with Gasteiger partial charge >= 0.3 is 0 Å². The molecule has 0 unspecified atom stereocenters. The van der Waals surface area contributed by atoms with Crippen LogP contribution in [0.1, 0.15) is 37.8 Å². The lowest BCUT2D eigenvalue weighted by Gasteiger charge is -2.42. The van der Waals surface area contributed by atoms with Crippen LogP contribution in [-0.2, 0) is 5.41 Å². The second kappa shape index (κ2) is 4.80. The number of benzene rings is 1. The number of aliphatic hydroxyl groups is 2. The lowest BCUT2D eigenvalue weighted by Crippen LogP contribution is -2.45. The van der Waals surface area contributed by atoms with Crippen LogP contribution in [0, 0.1) is 12.3 Å². The Kier molecular flexibility index (Phi) is 3.63. The van der Waals surface area contributed by atoms with Crippen molar-refractivity contribution in [1.82, 2.24) is 0 Å². The van der Waals surface area contributed by atoms with Crippen LogP contribution in [0.4, 0.5) is 0 Å². The lowest BCUT2D eigenvalue weighted by atomic mass is 9.63. The number of rotatable bonds is 3. The number of aliphatic hydroxyl groups excluding tert-OH is 2. The Balaban J connectivity index is 2.48. The molecule has 1 aromatic carbocycles. The standard InChI is InChI=1S/C16H24O3/c1-11-9-12(5-6-13(11)19-4)15(2)8-7-14(18)16(15,3)10-17/h5-6,9,14,17-18H,7-8,10H2,1-4H3/t14-,15-,16-/m1/s1. The molecule has 1 aromatic rings. The molecule has 2 N–H and O–H groups in total. The van der Waals surface area contributed by atoms with Gasteiger partial charge in [0.2, 0.25) is 0 Å². The molecule has 3 atom stereocenters. The molecule has 3 heteroatoms. The van der Waals surface area contributed by atoms with Gasteiger partial charge in [-0.05, 0) is 37.0 Å². The maximum absolute atomic E-state index is 10.2. The minimum atomic E-state index is -0.492. The number of hydrogen-bond donors (Lipinski definition) is 2. The minimum absolute atomic E-state index is 0.00422. The molecule has 1 fully saturated rings. The molecule has 0 aromatic heterocycles. The average Bonchev–Trinajstić information content (AvgIpc) is 2.64. The molecule has 19 heavy (non-hydrogen) atoms. The summed E-state index contributed by atoms with van der Waals surface area (Å²) < 4.78 is 5.30. The number of ether oxygens (including phenoxy) is 1. The molecule has 3 nitrogen and oxygen atoms in total. The van der Waals surface area contributed by atoms with Crippen LogP contribution in [0.5, 0.6) is 5.75 Å². The number of aryl methyl sites for hydroxylation is 1. The zero-order chi connectivity index (χ0) is 14.3. The van der Waals surface area contributed by atoms with Crippen molar-refractivity contribution in [2.24, 2.45) is 5.41 Å². The van der Waals surface area contributed by atoms with Gasteiger partial charge in [0.1, 0.15) is 5.75 Å². The van der Waals surface area contributed by atoms with E-state index in [2.05, 4.69) is 19.1 Å². The van der Waals surface area contributed by atoms with Crippen molar-refractivity contribution in [1.29, 1.82) is 0 Å². The molecule has 0 saturated heterocycles. The predicted molar refractivity (Wildman–Crippen MR) is 75.5 cm³/mol. The van der Waals surface area contributed by atoms with Crippen molar-refractivity contribution >= 4 is 0 Å². The van der Waals surface area contributed by atoms with Gasteiger partial charge in [-0.3, -0.25) is 0 Å². The van der Waals surface area contributed by atoms with Gasteiger partial charge in [0.15, 0.2) is 0 Å². The lowest BCUT2D eigenvalue weighted by molar-refractivity contribution is -0.0156. The van der Waals surface area contributed by atoms with Crippen molar-refractivity contribution in [3.05, 3.63) is 29.3 Å². The van der Waals surface area contributed by atoms with E-state index < -0.39 is 11.5 Å². The summed E-state index contributed by atoms with van der Waals surface area (Å²) in [4.78, 5) is 0. The fourth-order valence-corrected chi connectivity index (χ4v) is 3.37. The molecular formula is C16H24O3. The van der Waals surface area contributed by atoms with Crippen LogP contribution in [-0.4, -0.2) is 30.0 Å². The fraction of sp³-hybridized carbons (Fsp3) is 0.625. The molecule has 1 aliphatic carbocycles. The molecule has 0 bridgehead atoms. The second-order valence-electron chi connectivity index (χ2n) is 6.15. The molecule has 0 radical (unpaired) electrons. The van der Waals surface area contributed by atoms with Crippen LogP contribution in [0.15, 0.2) is 18.2 Å². The fourth-order valence-electron chi connectivity index (χ4n) is 3.37. The normalized spacial score (nSPS) is 34.5. The Hall–Kier alpha value is -1.06. The Morgan fingerprint density at radius 3 is 2.58 bits per heavy atom. The Morgan fingerprint density at radius 1 is 1.37 bits per heavy atom. The van der Waals surface area contributed by atoms with Gasteiger partial charge in [0, 0.05) is 10.8 Å². The van der Waals surface area contributed by atoms with Crippen molar-refractivity contribution in [2.75, 3.05) is 13.7 Å². The van der Waals surface area contributed by atoms with Gasteiger partial charge in [-0.25, -0.2) is 0 Å². The maximum atomic E-state index is 10.2. The summed E-state index contributed by atoms with van der Waals surface area (Å²) in [6.45, 7) is 6.13. The average molecular weight is 264 g/mol. The first-order valence-corrected chi connectivity index (χ1v) is 6.83. The SMILES string of the molecule is COc1ccc([C@@]2(C)CC[C@@H](O)[C@@]2(C)CO)cc1C. The smallest absolute Gasteiger partial charge is 0.121 e. The highest BCUT2D eigenvalue weighted by molar-refractivity contribution is 5.41. The van der Waals surface area contributed by atoms with Gasteiger partial charge in [-0.2, -0.15) is 0 Å². The summed E-state index contributed by atoms with van der Waals surface area (Å²) in [5, 5.41) is 20.0. The van der Waals surface area contributed by atoms with E-state index >= 15 is 0 Å². The van der Waals surface area contributed by atoms with Gasteiger partial charge in [0.25, 0.3) is 0 Å². The third kappa shape index (κ3) is 1.96. The third-order valence-electron chi connectivity index (χ3n) is 5.27. The quantitative estimate of drug-likeness (QED) is 0.881. The van der Waals surface area contributed by atoms with Crippen molar-refractivity contribution in [3.63, 3.8) is 0 Å². The molecular weight excluding hydrogens is 240 g/mol. The van der Waals surface area contributed by atoms with Crippen molar-refractivity contribution in [3.8, 4) is 5.75 Å². The van der Waals surface area contributed by atoms with Crippen LogP contribution >= 0.6 is 0 Å². The predicted octanol–water partition coefficient (Wildman–Crippen LogP) is 2.41.